The SMILES string of the molecule is CC(=O)N/N=C\c1cn(Cc2ccccc2F)c2ccccc12. The van der Waals surface area contributed by atoms with Gasteiger partial charge in [-0.15, -0.1) is 0 Å². The van der Waals surface area contributed by atoms with Crippen molar-refractivity contribution >= 4 is 23.0 Å². The summed E-state index contributed by atoms with van der Waals surface area (Å²) in [5, 5.41) is 4.92. The Kier molecular flexibility index (Phi) is 4.19. The molecule has 1 aromatic heterocycles. The fourth-order valence-corrected chi connectivity index (χ4v) is 2.51. The fraction of sp³-hybridized carbons (Fsp3) is 0.111. The van der Waals surface area contributed by atoms with E-state index >= 15 is 0 Å². The van der Waals surface area contributed by atoms with E-state index < -0.39 is 0 Å². The molecule has 2 aromatic carbocycles. The second-order valence-corrected chi connectivity index (χ2v) is 5.25. The molecule has 0 aliphatic rings. The topological polar surface area (TPSA) is 46.4 Å². The zero-order valence-corrected chi connectivity index (χ0v) is 12.7. The molecule has 0 atom stereocenters. The summed E-state index contributed by atoms with van der Waals surface area (Å²) in [7, 11) is 0. The monoisotopic (exact) mass is 309 g/mol. The van der Waals surface area contributed by atoms with Crippen LogP contribution in [0.5, 0.6) is 0 Å². The van der Waals surface area contributed by atoms with Gasteiger partial charge < -0.3 is 4.57 Å². The number of amides is 1. The van der Waals surface area contributed by atoms with Crippen LogP contribution in [0.15, 0.2) is 59.8 Å². The lowest BCUT2D eigenvalue weighted by Gasteiger charge is -2.06. The molecule has 1 heterocycles. The smallest absolute Gasteiger partial charge is 0.236 e. The summed E-state index contributed by atoms with van der Waals surface area (Å²) in [5.74, 6) is -0.449. The van der Waals surface area contributed by atoms with Crippen LogP contribution in [0.2, 0.25) is 0 Å². The van der Waals surface area contributed by atoms with Crippen LogP contribution in [0, 0.1) is 5.82 Å². The number of carbonyl (C=O) groups is 1. The van der Waals surface area contributed by atoms with Gasteiger partial charge in [-0.25, -0.2) is 9.82 Å². The van der Waals surface area contributed by atoms with Gasteiger partial charge in [0.25, 0.3) is 0 Å². The lowest BCUT2D eigenvalue weighted by molar-refractivity contribution is -0.118. The first-order valence-electron chi connectivity index (χ1n) is 7.26. The van der Waals surface area contributed by atoms with Crippen LogP contribution in [0.1, 0.15) is 18.1 Å². The molecule has 0 saturated carbocycles. The Morgan fingerprint density at radius 3 is 2.74 bits per heavy atom. The van der Waals surface area contributed by atoms with E-state index in [1.807, 2.05) is 41.1 Å². The molecule has 1 N–H and O–H groups in total. The Morgan fingerprint density at radius 2 is 1.96 bits per heavy atom. The molecule has 3 aromatic rings. The highest BCUT2D eigenvalue weighted by Crippen LogP contribution is 2.21. The van der Waals surface area contributed by atoms with Gasteiger partial charge in [-0.1, -0.05) is 36.4 Å². The zero-order valence-electron chi connectivity index (χ0n) is 12.7. The molecule has 1 amide bonds. The number of hydrazone groups is 1. The lowest BCUT2D eigenvalue weighted by Crippen LogP contribution is -2.12. The Labute approximate surface area is 133 Å². The number of rotatable bonds is 4. The predicted octanol–water partition coefficient (Wildman–Crippen LogP) is 3.30. The van der Waals surface area contributed by atoms with E-state index in [-0.39, 0.29) is 11.7 Å². The van der Waals surface area contributed by atoms with Crippen molar-refractivity contribution in [1.82, 2.24) is 9.99 Å². The average Bonchev–Trinajstić information content (AvgIpc) is 2.88. The van der Waals surface area contributed by atoms with Gasteiger partial charge in [-0.3, -0.25) is 4.79 Å². The average molecular weight is 309 g/mol. The summed E-state index contributed by atoms with van der Waals surface area (Å²) in [6.45, 7) is 1.83. The first kappa shape index (κ1) is 15.0. The molecular weight excluding hydrogens is 293 g/mol. The van der Waals surface area contributed by atoms with E-state index in [4.69, 9.17) is 0 Å². The van der Waals surface area contributed by atoms with Gasteiger partial charge in [-0.2, -0.15) is 5.10 Å². The zero-order chi connectivity index (χ0) is 16.2. The standard InChI is InChI=1S/C18H16FN3O/c1-13(23)21-20-10-15-12-22(18-9-5-3-7-16(15)18)11-14-6-2-4-8-17(14)19/h2-10,12H,11H2,1H3,(H,21,23)/b20-10-. The van der Waals surface area contributed by atoms with Gasteiger partial charge in [0.2, 0.25) is 5.91 Å². The van der Waals surface area contributed by atoms with Crippen LogP contribution in [-0.2, 0) is 11.3 Å². The molecule has 0 saturated heterocycles. The number of benzene rings is 2. The van der Waals surface area contributed by atoms with Crippen LogP contribution in [0.3, 0.4) is 0 Å². The predicted molar refractivity (Wildman–Crippen MR) is 88.9 cm³/mol. The molecule has 0 aliphatic heterocycles. The van der Waals surface area contributed by atoms with Crippen LogP contribution in [0.25, 0.3) is 10.9 Å². The van der Waals surface area contributed by atoms with Gasteiger partial charge >= 0.3 is 0 Å². The van der Waals surface area contributed by atoms with Crippen molar-refractivity contribution in [2.75, 3.05) is 0 Å². The van der Waals surface area contributed by atoms with Crippen molar-refractivity contribution in [3.63, 3.8) is 0 Å². The molecule has 0 fully saturated rings. The van der Waals surface area contributed by atoms with Gasteiger partial charge in [-0.05, 0) is 12.1 Å². The minimum Gasteiger partial charge on any atom is -0.342 e. The number of halogens is 1. The number of hydrogen-bond acceptors (Lipinski definition) is 2. The van der Waals surface area contributed by atoms with Crippen molar-refractivity contribution in [3.8, 4) is 0 Å². The molecule has 0 bridgehead atoms. The Morgan fingerprint density at radius 1 is 1.22 bits per heavy atom. The third kappa shape index (κ3) is 3.29. The first-order valence-corrected chi connectivity index (χ1v) is 7.26. The summed E-state index contributed by atoms with van der Waals surface area (Å²) < 4.78 is 15.9. The minimum absolute atomic E-state index is 0.223. The molecule has 5 heteroatoms. The van der Waals surface area contributed by atoms with Crippen molar-refractivity contribution in [2.24, 2.45) is 5.10 Å². The van der Waals surface area contributed by atoms with Gasteiger partial charge in [0.1, 0.15) is 5.82 Å². The molecule has 3 rings (SSSR count). The van der Waals surface area contributed by atoms with Crippen LogP contribution in [-0.4, -0.2) is 16.7 Å². The second kappa shape index (κ2) is 6.44. The largest absolute Gasteiger partial charge is 0.342 e. The maximum Gasteiger partial charge on any atom is 0.236 e. The normalized spacial score (nSPS) is 11.2. The van der Waals surface area contributed by atoms with E-state index in [9.17, 15) is 9.18 Å². The highest BCUT2D eigenvalue weighted by Gasteiger charge is 2.09. The Bertz CT molecular complexity index is 883. The summed E-state index contributed by atoms with van der Waals surface area (Å²) in [5.41, 5.74) is 4.86. The summed E-state index contributed by atoms with van der Waals surface area (Å²) >= 11 is 0. The van der Waals surface area contributed by atoms with E-state index in [1.54, 1.807) is 18.3 Å². The first-order chi connectivity index (χ1) is 11.1. The summed E-state index contributed by atoms with van der Waals surface area (Å²) in [4.78, 5) is 10.9. The van der Waals surface area contributed by atoms with Crippen molar-refractivity contribution in [1.29, 1.82) is 0 Å². The lowest BCUT2D eigenvalue weighted by atomic mass is 10.2. The highest BCUT2D eigenvalue weighted by molar-refractivity contribution is 5.99. The van der Waals surface area contributed by atoms with Crippen LogP contribution < -0.4 is 5.43 Å². The molecule has 0 radical (unpaired) electrons. The van der Waals surface area contributed by atoms with Crippen molar-refractivity contribution in [3.05, 3.63) is 71.7 Å². The van der Waals surface area contributed by atoms with E-state index in [1.165, 1.54) is 13.0 Å². The van der Waals surface area contributed by atoms with Gasteiger partial charge in [0.05, 0.1) is 12.8 Å². The number of aromatic nitrogens is 1. The number of para-hydroxylation sites is 1. The van der Waals surface area contributed by atoms with Gasteiger partial charge in [0, 0.05) is 35.2 Å². The number of fused-ring (bicyclic) bond motifs is 1. The third-order valence-corrected chi connectivity index (χ3v) is 3.54. The van der Waals surface area contributed by atoms with E-state index in [0.29, 0.717) is 12.1 Å². The van der Waals surface area contributed by atoms with Crippen LogP contribution >= 0.6 is 0 Å². The summed E-state index contributed by atoms with van der Waals surface area (Å²) in [6, 6.07) is 14.6. The molecule has 0 aliphatic carbocycles. The fourth-order valence-electron chi connectivity index (χ4n) is 2.51. The molecular formula is C18H16FN3O. The third-order valence-electron chi connectivity index (χ3n) is 3.54. The highest BCUT2D eigenvalue weighted by atomic mass is 19.1. The molecule has 4 nitrogen and oxygen atoms in total. The molecule has 23 heavy (non-hydrogen) atoms. The maximum atomic E-state index is 13.9. The molecule has 0 unspecified atom stereocenters. The number of carbonyl (C=O) groups excluding carboxylic acids is 1. The summed E-state index contributed by atoms with van der Waals surface area (Å²) in [6.07, 6.45) is 3.50. The Balaban J connectivity index is 1.99. The molecule has 0 spiro atoms. The second-order valence-electron chi connectivity index (χ2n) is 5.25. The van der Waals surface area contributed by atoms with E-state index in [0.717, 1.165) is 16.5 Å². The van der Waals surface area contributed by atoms with E-state index in [2.05, 4.69) is 10.5 Å². The number of nitrogens with one attached hydrogen (secondary N) is 1. The van der Waals surface area contributed by atoms with Crippen molar-refractivity contribution < 1.29 is 9.18 Å². The maximum absolute atomic E-state index is 13.9. The van der Waals surface area contributed by atoms with Crippen LogP contribution in [0.4, 0.5) is 4.39 Å². The van der Waals surface area contributed by atoms with Gasteiger partial charge in [0.15, 0.2) is 0 Å². The molecule has 116 valence electrons. The number of hydrogen-bond donors (Lipinski definition) is 1. The Hall–Kier alpha value is -2.95. The minimum atomic E-state index is -0.226. The quantitative estimate of drug-likeness (QED) is 0.583. The number of nitrogens with zero attached hydrogens (tertiary/aromatic N) is 2. The van der Waals surface area contributed by atoms with Crippen molar-refractivity contribution in [2.45, 2.75) is 13.5 Å².